The number of halogens is 1. The quantitative estimate of drug-likeness (QED) is 0.770. The summed E-state index contributed by atoms with van der Waals surface area (Å²) in [7, 11) is -3.87. The van der Waals surface area contributed by atoms with Crippen LogP contribution in [-0.4, -0.2) is 13.6 Å². The predicted octanol–water partition coefficient (Wildman–Crippen LogP) is 3.27. The average molecular weight is 346 g/mol. The number of hydrogen-bond acceptors (Lipinski definition) is 4. The van der Waals surface area contributed by atoms with E-state index in [0.717, 1.165) is 11.1 Å². The van der Waals surface area contributed by atoms with Gasteiger partial charge in [0.25, 0.3) is 15.1 Å². The lowest BCUT2D eigenvalue weighted by Crippen LogP contribution is -2.22. The molecule has 0 unspecified atom stereocenters. The Morgan fingerprint density at radius 2 is 1.83 bits per heavy atom. The van der Waals surface area contributed by atoms with Crippen molar-refractivity contribution in [3.63, 3.8) is 0 Å². The molecule has 1 aromatic heterocycles. The van der Waals surface area contributed by atoms with Crippen molar-refractivity contribution in [2.24, 2.45) is 0 Å². The lowest BCUT2D eigenvalue weighted by Gasteiger charge is -2.04. The van der Waals surface area contributed by atoms with E-state index in [2.05, 4.69) is 9.88 Å². The van der Waals surface area contributed by atoms with Gasteiger partial charge < -0.3 is 4.52 Å². The minimum absolute atomic E-state index is 0.123. The molecule has 0 spiro atoms. The summed E-state index contributed by atoms with van der Waals surface area (Å²) in [6, 6.07) is 14.6. The van der Waals surface area contributed by atoms with Crippen LogP contribution in [-0.2, 0) is 16.6 Å². The molecule has 3 rings (SSSR count). The molecule has 0 aliphatic carbocycles. The van der Waals surface area contributed by atoms with E-state index in [1.165, 1.54) is 18.2 Å². The van der Waals surface area contributed by atoms with Gasteiger partial charge in [0.1, 0.15) is 11.5 Å². The van der Waals surface area contributed by atoms with Crippen LogP contribution in [0.15, 0.2) is 64.2 Å². The Bertz CT molecular complexity index is 950. The number of sulfonamides is 1. The standard InChI is InChI=1S/C17H15FN2O3S/c1-12-6-8-13(9-7-12)11-19-24(21,22)17-10-16(20-23-17)14-4-2-3-5-15(14)18/h2-10,19H,11H2,1H3. The van der Waals surface area contributed by atoms with E-state index in [4.69, 9.17) is 4.52 Å². The Balaban J connectivity index is 1.78. The molecule has 2 aromatic carbocycles. The summed E-state index contributed by atoms with van der Waals surface area (Å²) in [6.07, 6.45) is 0. The third-order valence-electron chi connectivity index (χ3n) is 3.49. The highest BCUT2D eigenvalue weighted by Crippen LogP contribution is 2.24. The first kappa shape index (κ1) is 16.4. The van der Waals surface area contributed by atoms with Crippen molar-refractivity contribution in [1.82, 2.24) is 9.88 Å². The number of nitrogens with one attached hydrogen (secondary N) is 1. The SMILES string of the molecule is Cc1ccc(CNS(=O)(=O)c2cc(-c3ccccc3F)no2)cc1. The Morgan fingerprint density at radius 1 is 1.12 bits per heavy atom. The second-order valence-corrected chi connectivity index (χ2v) is 7.02. The van der Waals surface area contributed by atoms with E-state index in [1.807, 2.05) is 31.2 Å². The molecule has 5 nitrogen and oxygen atoms in total. The highest BCUT2D eigenvalue weighted by atomic mass is 32.2. The molecule has 0 saturated heterocycles. The minimum Gasteiger partial charge on any atom is -0.343 e. The van der Waals surface area contributed by atoms with Crippen molar-refractivity contribution in [1.29, 1.82) is 0 Å². The second kappa shape index (κ2) is 6.54. The van der Waals surface area contributed by atoms with Crippen LogP contribution in [0.5, 0.6) is 0 Å². The first-order chi connectivity index (χ1) is 11.5. The van der Waals surface area contributed by atoms with Crippen LogP contribution in [0.4, 0.5) is 4.39 Å². The van der Waals surface area contributed by atoms with Gasteiger partial charge in [-0.05, 0) is 24.6 Å². The summed E-state index contributed by atoms with van der Waals surface area (Å²) in [4.78, 5) is 0. The predicted molar refractivity (Wildman–Crippen MR) is 87.1 cm³/mol. The van der Waals surface area contributed by atoms with Gasteiger partial charge in [0, 0.05) is 18.2 Å². The maximum Gasteiger partial charge on any atom is 0.277 e. The van der Waals surface area contributed by atoms with Gasteiger partial charge in [-0.25, -0.2) is 17.5 Å². The fourth-order valence-corrected chi connectivity index (χ4v) is 3.04. The minimum atomic E-state index is -3.87. The molecule has 0 aliphatic heterocycles. The third-order valence-corrected chi connectivity index (χ3v) is 4.74. The van der Waals surface area contributed by atoms with E-state index in [9.17, 15) is 12.8 Å². The van der Waals surface area contributed by atoms with Crippen LogP contribution in [0.2, 0.25) is 0 Å². The Morgan fingerprint density at radius 3 is 2.54 bits per heavy atom. The number of rotatable bonds is 5. The Hall–Kier alpha value is -2.51. The van der Waals surface area contributed by atoms with Crippen LogP contribution >= 0.6 is 0 Å². The van der Waals surface area contributed by atoms with Gasteiger partial charge in [-0.3, -0.25) is 0 Å². The van der Waals surface area contributed by atoms with E-state index >= 15 is 0 Å². The van der Waals surface area contributed by atoms with Crippen molar-refractivity contribution >= 4 is 10.0 Å². The molecule has 0 saturated carbocycles. The zero-order valence-electron chi connectivity index (χ0n) is 12.9. The van der Waals surface area contributed by atoms with Crippen molar-refractivity contribution in [2.75, 3.05) is 0 Å². The van der Waals surface area contributed by atoms with Crippen LogP contribution in [0, 0.1) is 12.7 Å². The largest absolute Gasteiger partial charge is 0.343 e. The van der Waals surface area contributed by atoms with Gasteiger partial charge in [0.05, 0.1) is 0 Å². The number of benzene rings is 2. The molecular weight excluding hydrogens is 331 g/mol. The highest BCUT2D eigenvalue weighted by Gasteiger charge is 2.21. The molecule has 0 atom stereocenters. The summed E-state index contributed by atoms with van der Waals surface area (Å²) in [5, 5.41) is 3.29. The van der Waals surface area contributed by atoms with Gasteiger partial charge in [-0.1, -0.05) is 47.1 Å². The van der Waals surface area contributed by atoms with Crippen LogP contribution in [0.3, 0.4) is 0 Å². The van der Waals surface area contributed by atoms with Crippen molar-refractivity contribution in [3.8, 4) is 11.3 Å². The number of hydrogen-bond donors (Lipinski definition) is 1. The molecule has 0 aliphatic rings. The third kappa shape index (κ3) is 3.52. The van der Waals surface area contributed by atoms with Crippen LogP contribution < -0.4 is 4.72 Å². The van der Waals surface area contributed by atoms with Crippen LogP contribution in [0.1, 0.15) is 11.1 Å². The van der Waals surface area contributed by atoms with Crippen molar-refractivity contribution in [3.05, 3.63) is 71.5 Å². The topological polar surface area (TPSA) is 72.2 Å². The lowest BCUT2D eigenvalue weighted by atomic mass is 10.1. The molecule has 1 heterocycles. The molecule has 124 valence electrons. The molecule has 24 heavy (non-hydrogen) atoms. The lowest BCUT2D eigenvalue weighted by molar-refractivity contribution is 0.339. The van der Waals surface area contributed by atoms with E-state index in [1.54, 1.807) is 12.1 Å². The highest BCUT2D eigenvalue weighted by molar-refractivity contribution is 7.89. The number of aryl methyl sites for hydroxylation is 1. The van der Waals surface area contributed by atoms with Crippen molar-refractivity contribution in [2.45, 2.75) is 18.6 Å². The first-order valence-electron chi connectivity index (χ1n) is 7.22. The molecule has 7 heteroatoms. The molecular formula is C17H15FN2O3S. The maximum absolute atomic E-state index is 13.7. The molecule has 3 aromatic rings. The normalized spacial score (nSPS) is 11.6. The summed E-state index contributed by atoms with van der Waals surface area (Å²) in [6.45, 7) is 2.07. The zero-order chi connectivity index (χ0) is 17.2. The number of aromatic nitrogens is 1. The fraction of sp³-hybridized carbons (Fsp3) is 0.118. The fourth-order valence-electron chi connectivity index (χ4n) is 2.14. The molecule has 0 bridgehead atoms. The smallest absolute Gasteiger partial charge is 0.277 e. The van der Waals surface area contributed by atoms with Crippen LogP contribution in [0.25, 0.3) is 11.3 Å². The average Bonchev–Trinajstić information content (AvgIpc) is 3.05. The molecule has 0 amide bonds. The molecule has 0 radical (unpaired) electrons. The van der Waals surface area contributed by atoms with Gasteiger partial charge in [-0.15, -0.1) is 0 Å². The molecule has 1 N–H and O–H groups in total. The monoisotopic (exact) mass is 346 g/mol. The van der Waals surface area contributed by atoms with E-state index in [0.29, 0.717) is 0 Å². The van der Waals surface area contributed by atoms with Gasteiger partial charge in [0.15, 0.2) is 0 Å². The maximum atomic E-state index is 13.7. The first-order valence-corrected chi connectivity index (χ1v) is 8.71. The summed E-state index contributed by atoms with van der Waals surface area (Å²) in [5.41, 5.74) is 2.22. The summed E-state index contributed by atoms with van der Waals surface area (Å²) < 4.78 is 45.6. The van der Waals surface area contributed by atoms with E-state index < -0.39 is 15.8 Å². The zero-order valence-corrected chi connectivity index (χ0v) is 13.7. The number of nitrogens with zero attached hydrogens (tertiary/aromatic N) is 1. The second-order valence-electron chi connectivity index (χ2n) is 5.32. The van der Waals surface area contributed by atoms with E-state index in [-0.39, 0.29) is 22.9 Å². The van der Waals surface area contributed by atoms with Gasteiger partial charge >= 0.3 is 0 Å². The molecule has 0 fully saturated rings. The Kier molecular flexibility index (Phi) is 4.46. The van der Waals surface area contributed by atoms with Gasteiger partial charge in [-0.2, -0.15) is 0 Å². The summed E-state index contributed by atoms with van der Waals surface area (Å²) in [5.74, 6) is -0.498. The Labute approximate surface area is 139 Å². The van der Waals surface area contributed by atoms with Crippen molar-refractivity contribution < 1.29 is 17.3 Å². The van der Waals surface area contributed by atoms with Gasteiger partial charge in [0.2, 0.25) is 0 Å². The summed E-state index contributed by atoms with van der Waals surface area (Å²) >= 11 is 0.